The minimum absolute atomic E-state index is 0.381. The van der Waals surface area contributed by atoms with Gasteiger partial charge in [0, 0.05) is 28.7 Å². The van der Waals surface area contributed by atoms with Crippen LogP contribution in [0.5, 0.6) is 5.75 Å². The number of nitrogen functional groups attached to an aromatic ring is 1. The summed E-state index contributed by atoms with van der Waals surface area (Å²) >= 11 is 1.79. The third-order valence-electron chi connectivity index (χ3n) is 3.34. The zero-order valence-electron chi connectivity index (χ0n) is 11.6. The fraction of sp³-hybridized carbons (Fsp3) is 0.333. The second-order valence-corrected chi connectivity index (χ2v) is 5.66. The molecule has 0 aliphatic heterocycles. The smallest absolute Gasteiger partial charge is 0.123 e. The number of nitrogens with two attached hydrogens (primary N) is 1. The molecule has 4 heteroatoms. The minimum atomic E-state index is 0.381. The molecular weight excluding hydrogens is 256 g/mol. The first-order valence-corrected chi connectivity index (χ1v) is 7.16. The monoisotopic (exact) mass is 276 g/mol. The van der Waals surface area contributed by atoms with E-state index in [1.54, 1.807) is 18.4 Å². The molecule has 1 heterocycles. The van der Waals surface area contributed by atoms with Crippen molar-refractivity contribution < 1.29 is 4.74 Å². The molecule has 0 saturated heterocycles. The summed E-state index contributed by atoms with van der Waals surface area (Å²) in [6.45, 7) is 3.03. The zero-order valence-corrected chi connectivity index (χ0v) is 12.4. The molecule has 1 atom stereocenters. The topological polar surface area (TPSA) is 38.5 Å². The largest absolute Gasteiger partial charge is 0.496 e. The molecule has 1 aromatic carbocycles. The van der Waals surface area contributed by atoms with Crippen molar-refractivity contribution in [2.75, 3.05) is 19.9 Å². The highest BCUT2D eigenvalue weighted by molar-refractivity contribution is 7.10. The summed E-state index contributed by atoms with van der Waals surface area (Å²) in [5.74, 6) is 0.888. The predicted octanol–water partition coefficient (Wildman–Crippen LogP) is 3.53. The number of anilines is 1. The maximum Gasteiger partial charge on any atom is 0.123 e. The molecule has 2 aromatic rings. The van der Waals surface area contributed by atoms with Crippen LogP contribution in [0, 0.1) is 0 Å². The lowest BCUT2D eigenvalue weighted by Crippen LogP contribution is -2.21. The van der Waals surface area contributed by atoms with E-state index in [4.69, 9.17) is 10.5 Å². The Kier molecular flexibility index (Phi) is 4.45. The minimum Gasteiger partial charge on any atom is -0.496 e. The molecule has 3 nitrogen and oxygen atoms in total. The first-order valence-electron chi connectivity index (χ1n) is 6.28. The molecule has 0 radical (unpaired) electrons. The van der Waals surface area contributed by atoms with Gasteiger partial charge in [-0.05, 0) is 43.6 Å². The molecule has 0 aliphatic carbocycles. The number of ether oxygens (including phenoxy) is 1. The second-order valence-electron chi connectivity index (χ2n) is 4.68. The highest BCUT2D eigenvalue weighted by Gasteiger charge is 2.14. The molecule has 0 bridgehead atoms. The summed E-state index contributed by atoms with van der Waals surface area (Å²) in [6, 6.07) is 10.4. The van der Waals surface area contributed by atoms with Crippen molar-refractivity contribution in [1.29, 1.82) is 0 Å². The van der Waals surface area contributed by atoms with E-state index in [-0.39, 0.29) is 0 Å². The van der Waals surface area contributed by atoms with Gasteiger partial charge in [-0.1, -0.05) is 6.07 Å². The standard InChI is InChI=1S/C15H20N2OS/c1-11(15-5-4-8-19-15)17(2)10-12-9-13(16)6-7-14(12)18-3/h4-9,11H,10,16H2,1-3H3. The molecule has 0 spiro atoms. The van der Waals surface area contributed by atoms with Crippen LogP contribution in [-0.2, 0) is 6.54 Å². The lowest BCUT2D eigenvalue weighted by molar-refractivity contribution is 0.252. The lowest BCUT2D eigenvalue weighted by Gasteiger charge is -2.24. The van der Waals surface area contributed by atoms with Crippen molar-refractivity contribution >= 4 is 17.0 Å². The van der Waals surface area contributed by atoms with E-state index in [2.05, 4.69) is 36.4 Å². The summed E-state index contributed by atoms with van der Waals surface area (Å²) in [5.41, 5.74) is 7.75. The Balaban J connectivity index is 2.14. The maximum atomic E-state index is 5.86. The average Bonchev–Trinajstić information content (AvgIpc) is 2.92. The number of methoxy groups -OCH3 is 1. The fourth-order valence-electron chi connectivity index (χ4n) is 2.07. The number of thiophene rings is 1. The molecule has 2 rings (SSSR count). The van der Waals surface area contributed by atoms with E-state index in [0.29, 0.717) is 6.04 Å². The molecule has 102 valence electrons. The van der Waals surface area contributed by atoms with Crippen LogP contribution in [0.1, 0.15) is 23.4 Å². The molecule has 1 unspecified atom stereocenters. The third-order valence-corrected chi connectivity index (χ3v) is 4.38. The maximum absolute atomic E-state index is 5.86. The third kappa shape index (κ3) is 3.28. The van der Waals surface area contributed by atoms with Gasteiger partial charge < -0.3 is 10.5 Å². The van der Waals surface area contributed by atoms with Gasteiger partial charge in [-0.2, -0.15) is 0 Å². The SMILES string of the molecule is COc1ccc(N)cc1CN(C)C(C)c1cccs1. The first kappa shape index (κ1) is 13.9. The van der Waals surface area contributed by atoms with Crippen LogP contribution in [0.3, 0.4) is 0 Å². The zero-order chi connectivity index (χ0) is 13.8. The first-order chi connectivity index (χ1) is 9.11. The number of hydrogen-bond acceptors (Lipinski definition) is 4. The summed E-state index contributed by atoms with van der Waals surface area (Å²) in [5, 5.41) is 2.11. The van der Waals surface area contributed by atoms with E-state index < -0.39 is 0 Å². The highest BCUT2D eigenvalue weighted by atomic mass is 32.1. The van der Waals surface area contributed by atoms with E-state index in [1.165, 1.54) is 4.88 Å². The van der Waals surface area contributed by atoms with Crippen LogP contribution in [0.4, 0.5) is 5.69 Å². The number of nitrogens with zero attached hydrogens (tertiary/aromatic N) is 1. The summed E-state index contributed by atoms with van der Waals surface area (Å²) in [6.07, 6.45) is 0. The Morgan fingerprint density at radius 1 is 1.37 bits per heavy atom. The normalized spacial score (nSPS) is 12.6. The number of hydrogen-bond donors (Lipinski definition) is 1. The van der Waals surface area contributed by atoms with Crippen molar-refractivity contribution in [1.82, 2.24) is 4.90 Å². The van der Waals surface area contributed by atoms with Gasteiger partial charge in [0.25, 0.3) is 0 Å². The Labute approximate surface area is 118 Å². The molecule has 19 heavy (non-hydrogen) atoms. The van der Waals surface area contributed by atoms with Crippen LogP contribution in [-0.4, -0.2) is 19.1 Å². The molecule has 1 aromatic heterocycles. The van der Waals surface area contributed by atoms with Gasteiger partial charge in [0.1, 0.15) is 5.75 Å². The average molecular weight is 276 g/mol. The predicted molar refractivity (Wildman–Crippen MR) is 81.6 cm³/mol. The van der Waals surface area contributed by atoms with E-state index in [0.717, 1.165) is 23.5 Å². The van der Waals surface area contributed by atoms with E-state index in [9.17, 15) is 0 Å². The van der Waals surface area contributed by atoms with Crippen LogP contribution in [0.2, 0.25) is 0 Å². The molecule has 0 aliphatic rings. The van der Waals surface area contributed by atoms with Gasteiger partial charge in [-0.15, -0.1) is 11.3 Å². The van der Waals surface area contributed by atoms with Gasteiger partial charge in [0.2, 0.25) is 0 Å². The van der Waals surface area contributed by atoms with E-state index in [1.807, 2.05) is 18.2 Å². The Morgan fingerprint density at radius 3 is 2.79 bits per heavy atom. The van der Waals surface area contributed by atoms with Gasteiger partial charge in [-0.25, -0.2) is 0 Å². The van der Waals surface area contributed by atoms with Crippen molar-refractivity contribution in [3.63, 3.8) is 0 Å². The summed E-state index contributed by atoms with van der Waals surface area (Å²) in [4.78, 5) is 3.66. The molecule has 0 saturated carbocycles. The number of rotatable bonds is 5. The van der Waals surface area contributed by atoms with Crippen LogP contribution < -0.4 is 10.5 Å². The fourth-order valence-corrected chi connectivity index (χ4v) is 2.92. The Bertz CT molecular complexity index is 525. The van der Waals surface area contributed by atoms with Crippen LogP contribution in [0.15, 0.2) is 35.7 Å². The van der Waals surface area contributed by atoms with Gasteiger partial charge in [-0.3, -0.25) is 4.90 Å². The highest BCUT2D eigenvalue weighted by Crippen LogP contribution is 2.28. The molecular formula is C15H20N2OS. The van der Waals surface area contributed by atoms with Crippen LogP contribution >= 0.6 is 11.3 Å². The van der Waals surface area contributed by atoms with Crippen LogP contribution in [0.25, 0.3) is 0 Å². The van der Waals surface area contributed by atoms with Crippen molar-refractivity contribution in [3.05, 3.63) is 46.2 Å². The Hall–Kier alpha value is -1.52. The second kappa shape index (κ2) is 6.08. The molecule has 2 N–H and O–H groups in total. The van der Waals surface area contributed by atoms with Gasteiger partial charge in [0.15, 0.2) is 0 Å². The lowest BCUT2D eigenvalue weighted by atomic mass is 10.1. The molecule has 0 fully saturated rings. The summed E-state index contributed by atoms with van der Waals surface area (Å²) in [7, 11) is 3.81. The quantitative estimate of drug-likeness (QED) is 0.849. The van der Waals surface area contributed by atoms with Gasteiger partial charge in [0.05, 0.1) is 7.11 Å². The van der Waals surface area contributed by atoms with Gasteiger partial charge >= 0.3 is 0 Å². The van der Waals surface area contributed by atoms with E-state index >= 15 is 0 Å². The van der Waals surface area contributed by atoms with Crippen molar-refractivity contribution in [2.24, 2.45) is 0 Å². The van der Waals surface area contributed by atoms with Crippen molar-refractivity contribution in [2.45, 2.75) is 19.5 Å². The Morgan fingerprint density at radius 2 is 2.16 bits per heavy atom. The number of benzene rings is 1. The summed E-state index contributed by atoms with van der Waals surface area (Å²) < 4.78 is 5.39. The molecule has 0 amide bonds. The van der Waals surface area contributed by atoms with Crippen molar-refractivity contribution in [3.8, 4) is 5.75 Å².